The first-order chi connectivity index (χ1) is 13.2. The van der Waals surface area contributed by atoms with E-state index in [0.717, 1.165) is 52.5 Å². The second-order valence-electron chi connectivity index (χ2n) is 6.49. The van der Waals surface area contributed by atoms with Crippen LogP contribution in [0.1, 0.15) is 43.0 Å². The zero-order chi connectivity index (χ0) is 18.8. The molecule has 0 fully saturated rings. The lowest BCUT2D eigenvalue weighted by atomic mass is 9.97. The molecule has 0 amide bonds. The number of nitrogens with zero attached hydrogens (tertiary/aromatic N) is 4. The minimum Gasteiger partial charge on any atom is -0.468 e. The van der Waals surface area contributed by atoms with Crippen LogP contribution in [-0.4, -0.2) is 44.2 Å². The maximum absolute atomic E-state index is 11.6. The lowest BCUT2D eigenvalue weighted by Crippen LogP contribution is -2.05. The van der Waals surface area contributed by atoms with Crippen molar-refractivity contribution in [1.82, 2.24) is 19.6 Å². The molecule has 1 aliphatic carbocycles. The molecule has 0 N–H and O–H groups in total. The summed E-state index contributed by atoms with van der Waals surface area (Å²) in [4.78, 5) is 19.1. The highest BCUT2D eigenvalue weighted by Crippen LogP contribution is 2.39. The molecule has 0 radical (unpaired) electrons. The second kappa shape index (κ2) is 8.36. The number of ether oxygens (including phenoxy) is 1. The summed E-state index contributed by atoms with van der Waals surface area (Å²) in [6, 6.07) is 0. The lowest BCUT2D eigenvalue weighted by Gasteiger charge is -2.11. The fourth-order valence-corrected chi connectivity index (χ4v) is 6.49. The van der Waals surface area contributed by atoms with E-state index in [1.807, 2.05) is 15.7 Å². The normalized spacial score (nSPS) is 14.0. The van der Waals surface area contributed by atoms with Crippen LogP contribution < -0.4 is 0 Å². The van der Waals surface area contributed by atoms with E-state index in [0.29, 0.717) is 5.16 Å². The fraction of sp³-hybridized carbons (Fsp3) is 0.556. The Balaban J connectivity index is 1.83. The first kappa shape index (κ1) is 19.0. The maximum Gasteiger partial charge on any atom is 0.316 e. The van der Waals surface area contributed by atoms with E-state index in [9.17, 15) is 4.79 Å². The molecule has 0 atom stereocenters. The monoisotopic (exact) mass is 422 g/mol. The zero-order valence-electron chi connectivity index (χ0n) is 15.5. The molecule has 0 saturated carbocycles. The minimum atomic E-state index is -0.265. The van der Waals surface area contributed by atoms with Gasteiger partial charge in [-0.15, -0.1) is 21.5 Å². The number of aromatic nitrogens is 4. The maximum atomic E-state index is 11.6. The van der Waals surface area contributed by atoms with Crippen molar-refractivity contribution in [3.8, 4) is 0 Å². The molecule has 3 aromatic rings. The number of hydrogen-bond acceptors (Lipinski definition) is 8. The first-order valence-electron chi connectivity index (χ1n) is 9.24. The van der Waals surface area contributed by atoms with Gasteiger partial charge in [-0.05, 0) is 37.7 Å². The standard InChI is InChI=1S/C18H22N4O2S3/c1-3-4-9-25-17-19-16-14(11-7-5-6-8-12(11)27-16)15-20-21-18(22(15)17)26-10-13(23)24-2/h3-10H2,1-2H3. The molecule has 0 bridgehead atoms. The summed E-state index contributed by atoms with van der Waals surface area (Å²) >= 11 is 4.91. The van der Waals surface area contributed by atoms with Gasteiger partial charge < -0.3 is 4.74 Å². The van der Waals surface area contributed by atoms with E-state index in [1.54, 1.807) is 11.8 Å². The fourth-order valence-electron chi connectivity index (χ4n) is 3.28. The van der Waals surface area contributed by atoms with Crippen molar-refractivity contribution in [1.29, 1.82) is 0 Å². The smallest absolute Gasteiger partial charge is 0.316 e. The van der Waals surface area contributed by atoms with Crippen LogP contribution in [-0.2, 0) is 22.4 Å². The lowest BCUT2D eigenvalue weighted by molar-refractivity contribution is -0.137. The molecule has 3 heterocycles. The van der Waals surface area contributed by atoms with E-state index < -0.39 is 0 Å². The molecule has 0 aliphatic heterocycles. The van der Waals surface area contributed by atoms with Crippen molar-refractivity contribution in [2.75, 3.05) is 18.6 Å². The second-order valence-corrected chi connectivity index (χ2v) is 9.58. The van der Waals surface area contributed by atoms with Gasteiger partial charge in [0.1, 0.15) is 4.83 Å². The van der Waals surface area contributed by atoms with Gasteiger partial charge in [0.25, 0.3) is 0 Å². The van der Waals surface area contributed by atoms with Crippen molar-refractivity contribution in [2.24, 2.45) is 0 Å². The number of fused-ring (bicyclic) bond motifs is 5. The molecule has 0 unspecified atom stereocenters. The number of hydrogen-bond donors (Lipinski definition) is 0. The molecule has 144 valence electrons. The van der Waals surface area contributed by atoms with Crippen molar-refractivity contribution >= 4 is 56.7 Å². The third kappa shape index (κ3) is 3.69. The summed E-state index contributed by atoms with van der Waals surface area (Å²) in [7, 11) is 1.40. The number of carbonyl (C=O) groups excluding carboxylic acids is 1. The Hall–Kier alpha value is -1.32. The van der Waals surface area contributed by atoms with E-state index in [1.165, 1.54) is 42.2 Å². The molecular weight excluding hydrogens is 400 g/mol. The van der Waals surface area contributed by atoms with E-state index in [2.05, 4.69) is 17.1 Å². The van der Waals surface area contributed by atoms with Crippen molar-refractivity contribution < 1.29 is 9.53 Å². The Bertz CT molecular complexity index is 982. The third-order valence-electron chi connectivity index (χ3n) is 4.67. The Kier molecular flexibility index (Phi) is 5.89. The predicted molar refractivity (Wildman–Crippen MR) is 111 cm³/mol. The van der Waals surface area contributed by atoms with Crippen LogP contribution in [0.25, 0.3) is 15.9 Å². The highest BCUT2D eigenvalue weighted by Gasteiger charge is 2.24. The Morgan fingerprint density at radius 2 is 2.07 bits per heavy atom. The number of aryl methyl sites for hydroxylation is 2. The van der Waals surface area contributed by atoms with Crippen molar-refractivity contribution in [3.63, 3.8) is 0 Å². The molecule has 27 heavy (non-hydrogen) atoms. The van der Waals surface area contributed by atoms with Gasteiger partial charge in [0.05, 0.1) is 18.2 Å². The molecule has 4 rings (SSSR count). The quantitative estimate of drug-likeness (QED) is 0.242. The average Bonchev–Trinajstić information content (AvgIpc) is 3.27. The Labute approximate surface area is 170 Å². The summed E-state index contributed by atoms with van der Waals surface area (Å²) in [5, 5.41) is 11.7. The first-order valence-corrected chi connectivity index (χ1v) is 12.0. The van der Waals surface area contributed by atoms with E-state index in [4.69, 9.17) is 9.72 Å². The highest BCUT2D eigenvalue weighted by molar-refractivity contribution is 8.00. The number of unbranched alkanes of at least 4 members (excludes halogenated alkanes) is 1. The molecule has 0 saturated heterocycles. The summed E-state index contributed by atoms with van der Waals surface area (Å²) in [6.07, 6.45) is 6.99. The average molecular weight is 423 g/mol. The largest absolute Gasteiger partial charge is 0.468 e. The van der Waals surface area contributed by atoms with Gasteiger partial charge >= 0.3 is 5.97 Å². The number of thiophene rings is 1. The summed E-state index contributed by atoms with van der Waals surface area (Å²) < 4.78 is 6.81. The highest BCUT2D eigenvalue weighted by atomic mass is 32.2. The molecular formula is C18H22N4O2S3. The summed E-state index contributed by atoms with van der Waals surface area (Å²) in [5.41, 5.74) is 2.28. The van der Waals surface area contributed by atoms with Gasteiger partial charge in [0.2, 0.25) is 0 Å². The number of esters is 1. The van der Waals surface area contributed by atoms with Crippen LogP contribution in [0.5, 0.6) is 0 Å². The predicted octanol–water partition coefficient (Wildman–Crippen LogP) is 4.38. The number of methoxy groups -OCH3 is 1. The van der Waals surface area contributed by atoms with Gasteiger partial charge in [-0.25, -0.2) is 9.38 Å². The molecule has 6 nitrogen and oxygen atoms in total. The van der Waals surface area contributed by atoms with Gasteiger partial charge in [-0.2, -0.15) is 0 Å². The van der Waals surface area contributed by atoms with Crippen LogP contribution in [0.15, 0.2) is 10.3 Å². The number of rotatable bonds is 7. The molecule has 0 spiro atoms. The number of carbonyl (C=O) groups is 1. The van der Waals surface area contributed by atoms with E-state index in [-0.39, 0.29) is 11.7 Å². The van der Waals surface area contributed by atoms with Gasteiger partial charge in [-0.1, -0.05) is 36.9 Å². The van der Waals surface area contributed by atoms with Crippen LogP contribution >= 0.6 is 34.9 Å². The van der Waals surface area contributed by atoms with Crippen LogP contribution in [0.4, 0.5) is 0 Å². The third-order valence-corrected chi connectivity index (χ3v) is 7.79. The van der Waals surface area contributed by atoms with Gasteiger partial charge in [0.15, 0.2) is 16.0 Å². The SMILES string of the molecule is CCCCSc1nc2sc3c(c2c2nnc(SCC(=O)OC)n12)CCCC3. The topological polar surface area (TPSA) is 69.4 Å². The van der Waals surface area contributed by atoms with Gasteiger partial charge in [-0.3, -0.25) is 4.79 Å². The van der Waals surface area contributed by atoms with Gasteiger partial charge in [0, 0.05) is 10.6 Å². The Morgan fingerprint density at radius 3 is 2.89 bits per heavy atom. The minimum absolute atomic E-state index is 0.218. The van der Waals surface area contributed by atoms with Crippen LogP contribution in [0, 0.1) is 0 Å². The van der Waals surface area contributed by atoms with Crippen molar-refractivity contribution in [2.45, 2.75) is 55.8 Å². The Morgan fingerprint density at radius 1 is 1.22 bits per heavy atom. The molecule has 1 aliphatic rings. The van der Waals surface area contributed by atoms with Crippen LogP contribution in [0.2, 0.25) is 0 Å². The molecule has 0 aromatic carbocycles. The van der Waals surface area contributed by atoms with E-state index >= 15 is 0 Å². The summed E-state index contributed by atoms with van der Waals surface area (Å²) in [5.74, 6) is 0.962. The van der Waals surface area contributed by atoms with Crippen LogP contribution in [0.3, 0.4) is 0 Å². The van der Waals surface area contributed by atoms with Crippen molar-refractivity contribution in [3.05, 3.63) is 10.4 Å². The number of thioether (sulfide) groups is 2. The molecule has 3 aromatic heterocycles. The zero-order valence-corrected chi connectivity index (χ0v) is 17.9. The summed E-state index contributed by atoms with van der Waals surface area (Å²) in [6.45, 7) is 2.19. The molecule has 9 heteroatoms.